The fourth-order valence-electron chi connectivity index (χ4n) is 1.12. The van der Waals surface area contributed by atoms with Gasteiger partial charge in [-0.3, -0.25) is 0 Å². The first-order valence-electron chi connectivity index (χ1n) is 4.04. The molecule has 0 N–H and O–H groups in total. The maximum atomic E-state index is 13.0. The third-order valence-corrected chi connectivity index (χ3v) is 3.36. The van der Waals surface area contributed by atoms with Gasteiger partial charge in [-0.2, -0.15) is 0 Å². The highest BCUT2D eigenvalue weighted by Gasteiger charge is 2.05. The topological polar surface area (TPSA) is 12.9 Å². The lowest BCUT2D eigenvalue weighted by molar-refractivity contribution is 0.621. The van der Waals surface area contributed by atoms with Crippen LogP contribution in [0.25, 0.3) is 10.6 Å². The minimum atomic E-state index is -0.248. The van der Waals surface area contributed by atoms with Crippen LogP contribution in [0.1, 0.15) is 4.88 Å². The normalized spacial score (nSPS) is 10.5. The predicted molar refractivity (Wildman–Crippen MR) is 59.9 cm³/mol. The van der Waals surface area contributed by atoms with Crippen LogP contribution in [-0.4, -0.2) is 4.98 Å². The van der Waals surface area contributed by atoms with Crippen molar-refractivity contribution in [1.29, 1.82) is 0 Å². The Bertz CT molecular complexity index is 467. The van der Waals surface area contributed by atoms with Crippen LogP contribution in [0.4, 0.5) is 4.39 Å². The number of aromatic nitrogens is 1. The van der Waals surface area contributed by atoms with Crippen molar-refractivity contribution in [1.82, 2.24) is 4.98 Å². The fourth-order valence-corrected chi connectivity index (χ4v) is 2.26. The summed E-state index contributed by atoms with van der Waals surface area (Å²) in [5, 5.41) is 0.920. The SMILES string of the molecule is Cc1cnc(-c2ccc(F)c(Br)c2)s1. The van der Waals surface area contributed by atoms with Crippen molar-refractivity contribution in [2.24, 2.45) is 0 Å². The van der Waals surface area contributed by atoms with Crippen LogP contribution in [0.3, 0.4) is 0 Å². The zero-order valence-corrected chi connectivity index (χ0v) is 9.82. The number of nitrogens with zero attached hydrogens (tertiary/aromatic N) is 1. The lowest BCUT2D eigenvalue weighted by Gasteiger charge is -1.97. The van der Waals surface area contributed by atoms with Gasteiger partial charge >= 0.3 is 0 Å². The van der Waals surface area contributed by atoms with E-state index in [0.29, 0.717) is 4.47 Å². The summed E-state index contributed by atoms with van der Waals surface area (Å²) in [6, 6.07) is 4.92. The average molecular weight is 272 g/mol. The van der Waals surface area contributed by atoms with E-state index in [1.807, 2.05) is 13.1 Å². The Labute approximate surface area is 93.7 Å². The summed E-state index contributed by atoms with van der Waals surface area (Å²) < 4.78 is 13.4. The summed E-state index contributed by atoms with van der Waals surface area (Å²) in [6.45, 7) is 2.00. The van der Waals surface area contributed by atoms with Gasteiger partial charge in [-0.15, -0.1) is 11.3 Å². The Kier molecular flexibility index (Phi) is 2.65. The molecule has 2 aromatic rings. The summed E-state index contributed by atoms with van der Waals surface area (Å²) in [4.78, 5) is 5.39. The second-order valence-corrected chi connectivity index (χ2v) is 4.99. The minimum absolute atomic E-state index is 0.248. The van der Waals surface area contributed by atoms with Crippen molar-refractivity contribution < 1.29 is 4.39 Å². The van der Waals surface area contributed by atoms with E-state index < -0.39 is 0 Å². The van der Waals surface area contributed by atoms with Crippen LogP contribution in [-0.2, 0) is 0 Å². The molecule has 0 spiro atoms. The van der Waals surface area contributed by atoms with Crippen molar-refractivity contribution in [3.8, 4) is 10.6 Å². The second-order valence-electron chi connectivity index (χ2n) is 2.90. The van der Waals surface area contributed by atoms with E-state index in [1.54, 1.807) is 23.5 Å². The Morgan fingerprint density at radius 3 is 2.79 bits per heavy atom. The van der Waals surface area contributed by atoms with Gasteiger partial charge in [0.05, 0.1) is 4.47 Å². The van der Waals surface area contributed by atoms with Crippen LogP contribution in [0, 0.1) is 12.7 Å². The van der Waals surface area contributed by atoms with E-state index in [4.69, 9.17) is 0 Å². The summed E-state index contributed by atoms with van der Waals surface area (Å²) in [5.74, 6) is -0.248. The van der Waals surface area contributed by atoms with Crippen molar-refractivity contribution in [3.05, 3.63) is 39.6 Å². The molecule has 0 aliphatic rings. The highest BCUT2D eigenvalue weighted by Crippen LogP contribution is 2.28. The molecule has 14 heavy (non-hydrogen) atoms. The molecule has 1 aromatic heterocycles. The van der Waals surface area contributed by atoms with Crippen molar-refractivity contribution in [2.45, 2.75) is 6.92 Å². The zero-order chi connectivity index (χ0) is 10.1. The first-order chi connectivity index (χ1) is 6.66. The van der Waals surface area contributed by atoms with Crippen LogP contribution < -0.4 is 0 Å². The van der Waals surface area contributed by atoms with Crippen molar-refractivity contribution in [3.63, 3.8) is 0 Å². The highest BCUT2D eigenvalue weighted by molar-refractivity contribution is 9.10. The summed E-state index contributed by atoms with van der Waals surface area (Å²) >= 11 is 4.75. The van der Waals surface area contributed by atoms with E-state index in [-0.39, 0.29) is 5.82 Å². The van der Waals surface area contributed by atoms with Gasteiger partial charge in [-0.25, -0.2) is 9.37 Å². The van der Waals surface area contributed by atoms with Gasteiger partial charge in [0.2, 0.25) is 0 Å². The van der Waals surface area contributed by atoms with E-state index in [1.165, 1.54) is 6.07 Å². The molecule has 0 amide bonds. The molecule has 1 aromatic carbocycles. The molecule has 0 radical (unpaired) electrons. The molecule has 0 bridgehead atoms. The smallest absolute Gasteiger partial charge is 0.137 e. The highest BCUT2D eigenvalue weighted by atomic mass is 79.9. The average Bonchev–Trinajstić information content (AvgIpc) is 2.57. The van der Waals surface area contributed by atoms with Gasteiger partial charge in [0.15, 0.2) is 0 Å². The number of rotatable bonds is 1. The van der Waals surface area contributed by atoms with Gasteiger partial charge in [0, 0.05) is 16.6 Å². The van der Waals surface area contributed by atoms with E-state index in [2.05, 4.69) is 20.9 Å². The van der Waals surface area contributed by atoms with E-state index in [0.717, 1.165) is 15.4 Å². The van der Waals surface area contributed by atoms with Crippen LogP contribution in [0.2, 0.25) is 0 Å². The summed E-state index contributed by atoms with van der Waals surface area (Å²) in [5.41, 5.74) is 0.941. The largest absolute Gasteiger partial charge is 0.244 e. The van der Waals surface area contributed by atoms with Gasteiger partial charge in [0.1, 0.15) is 10.8 Å². The lowest BCUT2D eigenvalue weighted by Crippen LogP contribution is -1.79. The third-order valence-electron chi connectivity index (χ3n) is 1.79. The number of hydrogen-bond acceptors (Lipinski definition) is 2. The standard InChI is InChI=1S/C10H7BrFNS/c1-6-5-13-10(14-6)7-2-3-9(12)8(11)4-7/h2-5H,1H3. The molecule has 1 nitrogen and oxygen atoms in total. The first-order valence-corrected chi connectivity index (χ1v) is 5.65. The van der Waals surface area contributed by atoms with Crippen molar-refractivity contribution in [2.75, 3.05) is 0 Å². The molecule has 0 atom stereocenters. The van der Waals surface area contributed by atoms with Gasteiger partial charge < -0.3 is 0 Å². The van der Waals surface area contributed by atoms with Crippen LogP contribution >= 0.6 is 27.3 Å². The Morgan fingerprint density at radius 1 is 1.43 bits per heavy atom. The molecule has 1 heterocycles. The molecule has 0 unspecified atom stereocenters. The molecular formula is C10H7BrFNS. The molecule has 72 valence electrons. The molecular weight excluding hydrogens is 265 g/mol. The predicted octanol–water partition coefficient (Wildman–Crippen LogP) is 4.02. The van der Waals surface area contributed by atoms with Crippen LogP contribution in [0.15, 0.2) is 28.9 Å². The van der Waals surface area contributed by atoms with Gasteiger partial charge in [-0.05, 0) is 41.1 Å². The number of hydrogen-bond donors (Lipinski definition) is 0. The molecule has 0 saturated carbocycles. The van der Waals surface area contributed by atoms with E-state index >= 15 is 0 Å². The van der Waals surface area contributed by atoms with Crippen LogP contribution in [0.5, 0.6) is 0 Å². The first kappa shape index (κ1) is 9.80. The third kappa shape index (κ3) is 1.86. The van der Waals surface area contributed by atoms with Crippen molar-refractivity contribution >= 4 is 27.3 Å². The van der Waals surface area contributed by atoms with Gasteiger partial charge in [-0.1, -0.05) is 0 Å². The minimum Gasteiger partial charge on any atom is -0.244 e. The zero-order valence-electron chi connectivity index (χ0n) is 7.42. The molecule has 0 aliphatic heterocycles. The summed E-state index contributed by atoms with van der Waals surface area (Å²) in [6.07, 6.45) is 1.82. The molecule has 0 saturated heterocycles. The summed E-state index contributed by atoms with van der Waals surface area (Å²) in [7, 11) is 0. The molecule has 0 aliphatic carbocycles. The lowest BCUT2D eigenvalue weighted by atomic mass is 10.2. The molecule has 2 rings (SSSR count). The Balaban J connectivity index is 2.47. The Hall–Kier alpha value is -0.740. The fraction of sp³-hybridized carbons (Fsp3) is 0.100. The Morgan fingerprint density at radius 2 is 2.21 bits per heavy atom. The quantitative estimate of drug-likeness (QED) is 0.764. The molecule has 4 heteroatoms. The monoisotopic (exact) mass is 271 g/mol. The maximum Gasteiger partial charge on any atom is 0.137 e. The van der Waals surface area contributed by atoms with E-state index in [9.17, 15) is 4.39 Å². The van der Waals surface area contributed by atoms with Gasteiger partial charge in [0.25, 0.3) is 0 Å². The number of thiazole rings is 1. The number of halogens is 2. The number of aryl methyl sites for hydroxylation is 1. The number of benzene rings is 1. The maximum absolute atomic E-state index is 13.0. The molecule has 0 fully saturated rings. The second kappa shape index (κ2) is 3.79.